The van der Waals surface area contributed by atoms with Crippen molar-refractivity contribution in [1.82, 2.24) is 0 Å². The maximum Gasteiger partial charge on any atom is 0.155 e. The molecule has 0 heterocycles. The van der Waals surface area contributed by atoms with Crippen LogP contribution in [0.25, 0.3) is 0 Å². The van der Waals surface area contributed by atoms with E-state index in [0.717, 1.165) is 5.56 Å². The van der Waals surface area contributed by atoms with Crippen LogP contribution >= 0.6 is 0 Å². The molecule has 0 radical (unpaired) electrons. The van der Waals surface area contributed by atoms with Crippen molar-refractivity contribution in [2.45, 2.75) is 39.0 Å². The highest BCUT2D eigenvalue weighted by atomic mass is 32.2. The van der Waals surface area contributed by atoms with E-state index in [-0.39, 0.29) is 12.4 Å². The Kier molecular flexibility index (Phi) is 5.38. The molecule has 108 valence electrons. The number of aryl methyl sites for hydroxylation is 1. The molecule has 1 aromatic carbocycles. The van der Waals surface area contributed by atoms with E-state index in [2.05, 4.69) is 0 Å². The summed E-state index contributed by atoms with van der Waals surface area (Å²) in [6, 6.07) is 5.48. The second-order valence-corrected chi connectivity index (χ2v) is 7.66. The minimum atomic E-state index is -3.10. The molecule has 0 saturated carbocycles. The van der Waals surface area contributed by atoms with E-state index >= 15 is 0 Å². The van der Waals surface area contributed by atoms with E-state index < -0.39 is 21.2 Å². The van der Waals surface area contributed by atoms with Gasteiger partial charge in [0.1, 0.15) is 12.4 Å². The number of benzene rings is 1. The minimum Gasteiger partial charge on any atom is -0.492 e. The quantitative estimate of drug-likeness (QED) is 0.871. The Balaban J connectivity index is 2.74. The summed E-state index contributed by atoms with van der Waals surface area (Å²) in [5, 5.41) is 9.28. The Morgan fingerprint density at radius 2 is 1.89 bits per heavy atom. The molecule has 0 bridgehead atoms. The third kappa shape index (κ3) is 4.51. The Morgan fingerprint density at radius 3 is 2.42 bits per heavy atom. The molecule has 5 heteroatoms. The van der Waals surface area contributed by atoms with Gasteiger partial charge in [-0.25, -0.2) is 8.42 Å². The maximum atomic E-state index is 11.7. The third-order valence-electron chi connectivity index (χ3n) is 2.96. The second-order valence-electron chi connectivity index (χ2n) is 4.98. The maximum absolute atomic E-state index is 11.7. The summed E-state index contributed by atoms with van der Waals surface area (Å²) in [6.07, 6.45) is -0.642. The van der Waals surface area contributed by atoms with Gasteiger partial charge in [0.25, 0.3) is 0 Å². The average molecular weight is 286 g/mol. The van der Waals surface area contributed by atoms with Crippen LogP contribution in [-0.2, 0) is 9.84 Å². The van der Waals surface area contributed by atoms with Gasteiger partial charge in [-0.05, 0) is 39.8 Å². The van der Waals surface area contributed by atoms with E-state index in [9.17, 15) is 13.5 Å². The fourth-order valence-corrected chi connectivity index (χ4v) is 2.42. The highest BCUT2D eigenvalue weighted by molar-refractivity contribution is 7.91. The summed E-state index contributed by atoms with van der Waals surface area (Å²) in [6.45, 7) is 7.00. The summed E-state index contributed by atoms with van der Waals surface area (Å²) in [7, 11) is -3.10. The first kappa shape index (κ1) is 16.0. The van der Waals surface area contributed by atoms with Gasteiger partial charge in [0.05, 0.1) is 17.1 Å². The topological polar surface area (TPSA) is 63.6 Å². The van der Waals surface area contributed by atoms with Crippen LogP contribution < -0.4 is 4.74 Å². The van der Waals surface area contributed by atoms with Crippen LogP contribution in [0.3, 0.4) is 0 Å². The molecule has 0 spiro atoms. The summed E-state index contributed by atoms with van der Waals surface area (Å²) in [5.41, 5.74) is 1.71. The van der Waals surface area contributed by atoms with Crippen molar-refractivity contribution in [2.75, 3.05) is 12.4 Å². The van der Waals surface area contributed by atoms with Crippen LogP contribution in [0.1, 0.15) is 38.0 Å². The van der Waals surface area contributed by atoms with Gasteiger partial charge < -0.3 is 9.84 Å². The number of aliphatic hydroxyl groups is 1. The zero-order chi connectivity index (χ0) is 14.6. The van der Waals surface area contributed by atoms with E-state index in [1.165, 1.54) is 0 Å². The smallest absolute Gasteiger partial charge is 0.155 e. The molecule has 1 aromatic rings. The lowest BCUT2D eigenvalue weighted by atomic mass is 10.1. The van der Waals surface area contributed by atoms with Gasteiger partial charge in [-0.1, -0.05) is 11.6 Å². The summed E-state index contributed by atoms with van der Waals surface area (Å²) in [5.74, 6) is 0.525. The van der Waals surface area contributed by atoms with Gasteiger partial charge in [-0.2, -0.15) is 0 Å². The molecule has 1 rings (SSSR count). The molecule has 1 N–H and O–H groups in total. The van der Waals surface area contributed by atoms with Crippen molar-refractivity contribution in [1.29, 1.82) is 0 Å². The minimum absolute atomic E-state index is 0.0161. The van der Waals surface area contributed by atoms with E-state index in [4.69, 9.17) is 4.74 Å². The SMILES string of the molecule is Cc1ccc(OCCS(=O)(=O)C(C)C)c([C@@H](C)O)c1. The molecule has 0 aliphatic rings. The fourth-order valence-electron chi connectivity index (χ4n) is 1.63. The van der Waals surface area contributed by atoms with Gasteiger partial charge in [-0.3, -0.25) is 0 Å². The van der Waals surface area contributed by atoms with Crippen LogP contribution in [0.15, 0.2) is 18.2 Å². The highest BCUT2D eigenvalue weighted by Crippen LogP contribution is 2.26. The average Bonchev–Trinajstić information content (AvgIpc) is 2.30. The van der Waals surface area contributed by atoms with Crippen LogP contribution in [0, 0.1) is 6.92 Å². The first-order chi connectivity index (χ1) is 8.74. The van der Waals surface area contributed by atoms with Crippen LogP contribution in [0.5, 0.6) is 5.75 Å². The fraction of sp³-hybridized carbons (Fsp3) is 0.571. The first-order valence-electron chi connectivity index (χ1n) is 6.37. The monoisotopic (exact) mass is 286 g/mol. The van der Waals surface area contributed by atoms with Gasteiger partial charge >= 0.3 is 0 Å². The number of rotatable bonds is 6. The predicted molar refractivity (Wildman–Crippen MR) is 76.2 cm³/mol. The zero-order valence-corrected chi connectivity index (χ0v) is 12.7. The molecular weight excluding hydrogens is 264 g/mol. The molecule has 0 amide bonds. The van der Waals surface area contributed by atoms with Crippen molar-refractivity contribution in [2.24, 2.45) is 0 Å². The van der Waals surface area contributed by atoms with Crippen molar-refractivity contribution in [3.05, 3.63) is 29.3 Å². The third-order valence-corrected chi connectivity index (χ3v) is 5.13. The zero-order valence-electron chi connectivity index (χ0n) is 11.9. The summed E-state index contributed by atoms with van der Waals surface area (Å²) >= 11 is 0. The van der Waals surface area contributed by atoms with Crippen molar-refractivity contribution >= 4 is 9.84 Å². The standard InChI is InChI=1S/C14H22O4S/c1-10(2)19(16,17)8-7-18-14-6-5-11(3)9-13(14)12(4)15/h5-6,9-10,12,15H,7-8H2,1-4H3/t12-/m1/s1. The van der Waals surface area contributed by atoms with Gasteiger partial charge in [0.2, 0.25) is 0 Å². The Labute approximate surface area is 115 Å². The number of hydrogen-bond donors (Lipinski definition) is 1. The van der Waals surface area contributed by atoms with Crippen LogP contribution in [0.4, 0.5) is 0 Å². The molecule has 0 unspecified atom stereocenters. The van der Waals surface area contributed by atoms with Crippen LogP contribution in [-0.4, -0.2) is 31.1 Å². The number of sulfone groups is 1. The van der Waals surface area contributed by atoms with Crippen LogP contribution in [0.2, 0.25) is 0 Å². The van der Waals surface area contributed by atoms with Crippen molar-refractivity contribution in [3.8, 4) is 5.75 Å². The molecular formula is C14H22O4S. The Hall–Kier alpha value is -1.07. The molecule has 0 fully saturated rings. The van der Waals surface area contributed by atoms with Gasteiger partial charge in [0, 0.05) is 5.56 Å². The molecule has 0 aliphatic heterocycles. The predicted octanol–water partition coefficient (Wildman–Crippen LogP) is 2.25. The lowest BCUT2D eigenvalue weighted by molar-refractivity contribution is 0.192. The van der Waals surface area contributed by atoms with E-state index in [1.807, 2.05) is 19.1 Å². The largest absolute Gasteiger partial charge is 0.492 e. The highest BCUT2D eigenvalue weighted by Gasteiger charge is 2.16. The van der Waals surface area contributed by atoms with Crippen molar-refractivity contribution < 1.29 is 18.3 Å². The van der Waals surface area contributed by atoms with E-state index in [1.54, 1.807) is 26.8 Å². The van der Waals surface area contributed by atoms with Gasteiger partial charge in [0.15, 0.2) is 9.84 Å². The number of aliphatic hydroxyl groups excluding tert-OH is 1. The molecule has 0 saturated heterocycles. The molecule has 4 nitrogen and oxygen atoms in total. The molecule has 19 heavy (non-hydrogen) atoms. The van der Waals surface area contributed by atoms with E-state index in [0.29, 0.717) is 11.3 Å². The molecule has 1 atom stereocenters. The lowest BCUT2D eigenvalue weighted by Crippen LogP contribution is -2.22. The second kappa shape index (κ2) is 6.39. The Morgan fingerprint density at radius 1 is 1.26 bits per heavy atom. The Bertz CT molecular complexity index is 518. The number of ether oxygens (including phenoxy) is 1. The van der Waals surface area contributed by atoms with Crippen molar-refractivity contribution in [3.63, 3.8) is 0 Å². The summed E-state index contributed by atoms with van der Waals surface area (Å²) in [4.78, 5) is 0. The summed E-state index contributed by atoms with van der Waals surface area (Å²) < 4.78 is 28.8. The number of hydrogen-bond acceptors (Lipinski definition) is 4. The molecule has 0 aliphatic carbocycles. The normalized spacial score (nSPS) is 13.6. The van der Waals surface area contributed by atoms with Gasteiger partial charge in [-0.15, -0.1) is 0 Å². The lowest BCUT2D eigenvalue weighted by Gasteiger charge is -2.15. The molecule has 0 aromatic heterocycles. The first-order valence-corrected chi connectivity index (χ1v) is 8.08.